The zero-order valence-corrected chi connectivity index (χ0v) is 15.5. The number of rotatable bonds is 5. The van der Waals surface area contributed by atoms with Gasteiger partial charge in [0, 0.05) is 47.7 Å². The average Bonchev–Trinajstić information content (AvgIpc) is 2.74. The number of carbonyl (C=O) groups is 1. The summed E-state index contributed by atoms with van der Waals surface area (Å²) in [6, 6.07) is 19.1. The summed E-state index contributed by atoms with van der Waals surface area (Å²) in [6.45, 7) is 1.99. The maximum Gasteiger partial charge on any atom is 0.252 e. The van der Waals surface area contributed by atoms with E-state index in [-0.39, 0.29) is 11.9 Å². The van der Waals surface area contributed by atoms with Crippen LogP contribution < -0.4 is 5.32 Å². The molecule has 0 saturated carbocycles. The van der Waals surface area contributed by atoms with Gasteiger partial charge in [-0.1, -0.05) is 24.3 Å². The summed E-state index contributed by atoms with van der Waals surface area (Å²) in [5.74, 6) is -0.114. The Morgan fingerprint density at radius 1 is 1.00 bits per heavy atom. The number of fused-ring (bicyclic) bond motifs is 1. The second-order valence-electron chi connectivity index (χ2n) is 6.71. The van der Waals surface area contributed by atoms with Crippen LogP contribution in [-0.2, 0) is 6.42 Å². The van der Waals surface area contributed by atoms with E-state index in [9.17, 15) is 4.79 Å². The molecule has 28 heavy (non-hydrogen) atoms. The molecule has 138 valence electrons. The molecule has 0 radical (unpaired) electrons. The zero-order chi connectivity index (χ0) is 19.3. The van der Waals surface area contributed by atoms with Crippen LogP contribution in [0.5, 0.6) is 0 Å². The average molecular weight is 368 g/mol. The highest BCUT2D eigenvalue weighted by Crippen LogP contribution is 2.24. The van der Waals surface area contributed by atoms with Crippen molar-refractivity contribution in [2.24, 2.45) is 0 Å². The summed E-state index contributed by atoms with van der Waals surface area (Å²) < 4.78 is 0. The molecule has 3 heterocycles. The number of nitrogens with zero attached hydrogens (tertiary/aromatic N) is 3. The quantitative estimate of drug-likeness (QED) is 0.577. The third-order valence-electron chi connectivity index (χ3n) is 4.56. The van der Waals surface area contributed by atoms with E-state index in [1.807, 2.05) is 67.6 Å². The molecule has 0 aliphatic rings. The molecule has 1 unspecified atom stereocenters. The van der Waals surface area contributed by atoms with Crippen molar-refractivity contribution in [2.75, 3.05) is 0 Å². The number of benzene rings is 1. The molecule has 1 N–H and O–H groups in total. The van der Waals surface area contributed by atoms with E-state index in [1.165, 1.54) is 0 Å². The van der Waals surface area contributed by atoms with Crippen molar-refractivity contribution < 1.29 is 4.79 Å². The molecule has 0 spiro atoms. The van der Waals surface area contributed by atoms with Gasteiger partial charge in [0.15, 0.2) is 0 Å². The van der Waals surface area contributed by atoms with Crippen LogP contribution in [0.25, 0.3) is 22.2 Å². The third kappa shape index (κ3) is 3.88. The molecule has 4 rings (SSSR count). The van der Waals surface area contributed by atoms with Crippen LogP contribution in [0.15, 0.2) is 79.3 Å². The SMILES string of the molecule is CC(Cc1ccccn1)NC(=O)c1cc(-c2ccncc2)nc2ccccc12. The number of nitrogens with one attached hydrogen (secondary N) is 1. The van der Waals surface area contributed by atoms with E-state index >= 15 is 0 Å². The Labute approximate surface area is 163 Å². The number of para-hydroxylation sites is 1. The number of carbonyl (C=O) groups excluding carboxylic acids is 1. The molecule has 0 bridgehead atoms. The molecule has 0 aliphatic carbocycles. The van der Waals surface area contributed by atoms with E-state index in [0.29, 0.717) is 12.0 Å². The Balaban J connectivity index is 1.65. The molecule has 0 saturated heterocycles. The van der Waals surface area contributed by atoms with Crippen LogP contribution >= 0.6 is 0 Å². The molecule has 1 aromatic carbocycles. The lowest BCUT2D eigenvalue weighted by Crippen LogP contribution is -2.34. The standard InChI is InChI=1S/C23H20N4O/c1-16(14-18-6-4-5-11-25-18)26-23(28)20-15-22(17-9-12-24-13-10-17)27-21-8-3-2-7-19(20)21/h2-13,15-16H,14H2,1H3,(H,26,28). The van der Waals surface area contributed by atoms with Crippen LogP contribution in [0, 0.1) is 0 Å². The van der Waals surface area contributed by atoms with Gasteiger partial charge in [-0.3, -0.25) is 14.8 Å². The molecule has 5 nitrogen and oxygen atoms in total. The van der Waals surface area contributed by atoms with Gasteiger partial charge in [-0.2, -0.15) is 0 Å². The Hall–Kier alpha value is -3.60. The van der Waals surface area contributed by atoms with Crippen molar-refractivity contribution in [3.8, 4) is 11.3 Å². The van der Waals surface area contributed by atoms with Crippen LogP contribution in [-0.4, -0.2) is 26.9 Å². The van der Waals surface area contributed by atoms with Crippen molar-refractivity contribution in [3.63, 3.8) is 0 Å². The first-order chi connectivity index (χ1) is 13.7. The summed E-state index contributed by atoms with van der Waals surface area (Å²) in [6.07, 6.45) is 5.88. The predicted octanol–water partition coefficient (Wildman–Crippen LogP) is 4.05. The minimum Gasteiger partial charge on any atom is -0.349 e. The lowest BCUT2D eigenvalue weighted by atomic mass is 10.0. The van der Waals surface area contributed by atoms with Gasteiger partial charge in [0.25, 0.3) is 5.91 Å². The van der Waals surface area contributed by atoms with Gasteiger partial charge >= 0.3 is 0 Å². The molecule has 3 aromatic heterocycles. The fourth-order valence-corrected chi connectivity index (χ4v) is 3.22. The number of hydrogen-bond donors (Lipinski definition) is 1. The van der Waals surface area contributed by atoms with Gasteiger partial charge in [0.1, 0.15) is 0 Å². The molecule has 0 aliphatic heterocycles. The highest BCUT2D eigenvalue weighted by atomic mass is 16.1. The van der Waals surface area contributed by atoms with E-state index in [1.54, 1.807) is 18.6 Å². The Morgan fingerprint density at radius 2 is 1.79 bits per heavy atom. The molecule has 1 amide bonds. The first kappa shape index (κ1) is 17.8. The van der Waals surface area contributed by atoms with E-state index in [2.05, 4.69) is 15.3 Å². The maximum atomic E-state index is 13.1. The summed E-state index contributed by atoms with van der Waals surface area (Å²) in [5.41, 5.74) is 4.04. The Kier molecular flexibility index (Phi) is 5.06. The second-order valence-corrected chi connectivity index (χ2v) is 6.71. The minimum atomic E-state index is -0.114. The van der Waals surface area contributed by atoms with Gasteiger partial charge < -0.3 is 5.32 Å². The lowest BCUT2D eigenvalue weighted by molar-refractivity contribution is 0.0941. The van der Waals surface area contributed by atoms with Crippen molar-refractivity contribution >= 4 is 16.8 Å². The number of amides is 1. The molecule has 1 atom stereocenters. The zero-order valence-electron chi connectivity index (χ0n) is 15.5. The maximum absolute atomic E-state index is 13.1. The van der Waals surface area contributed by atoms with Gasteiger partial charge in [-0.25, -0.2) is 4.98 Å². The minimum absolute atomic E-state index is 0.0429. The summed E-state index contributed by atoms with van der Waals surface area (Å²) in [5, 5.41) is 3.93. The first-order valence-corrected chi connectivity index (χ1v) is 9.21. The van der Waals surface area contributed by atoms with Crippen molar-refractivity contribution in [1.82, 2.24) is 20.3 Å². The first-order valence-electron chi connectivity index (χ1n) is 9.21. The summed E-state index contributed by atoms with van der Waals surface area (Å²) >= 11 is 0. The molecule has 0 fully saturated rings. The summed E-state index contributed by atoms with van der Waals surface area (Å²) in [7, 11) is 0. The van der Waals surface area contributed by atoms with Crippen molar-refractivity contribution in [1.29, 1.82) is 0 Å². The van der Waals surface area contributed by atoms with E-state index < -0.39 is 0 Å². The molecule has 4 aromatic rings. The van der Waals surface area contributed by atoms with E-state index in [0.717, 1.165) is 27.9 Å². The fourth-order valence-electron chi connectivity index (χ4n) is 3.22. The topological polar surface area (TPSA) is 67.8 Å². The Morgan fingerprint density at radius 3 is 2.57 bits per heavy atom. The van der Waals surface area contributed by atoms with Gasteiger partial charge in [0.05, 0.1) is 16.8 Å². The predicted molar refractivity (Wildman–Crippen MR) is 110 cm³/mol. The van der Waals surface area contributed by atoms with Gasteiger partial charge in [0.2, 0.25) is 0 Å². The number of pyridine rings is 3. The van der Waals surface area contributed by atoms with Crippen LogP contribution in [0.2, 0.25) is 0 Å². The monoisotopic (exact) mass is 368 g/mol. The van der Waals surface area contributed by atoms with Gasteiger partial charge in [-0.05, 0) is 43.3 Å². The summed E-state index contributed by atoms with van der Waals surface area (Å²) in [4.78, 5) is 26.2. The van der Waals surface area contributed by atoms with E-state index in [4.69, 9.17) is 4.98 Å². The number of aromatic nitrogens is 3. The normalized spacial score (nSPS) is 11.9. The van der Waals surface area contributed by atoms with Crippen LogP contribution in [0.1, 0.15) is 23.0 Å². The van der Waals surface area contributed by atoms with Crippen LogP contribution in [0.4, 0.5) is 0 Å². The second kappa shape index (κ2) is 7.96. The number of hydrogen-bond acceptors (Lipinski definition) is 4. The highest BCUT2D eigenvalue weighted by Gasteiger charge is 2.16. The third-order valence-corrected chi connectivity index (χ3v) is 4.56. The molecule has 5 heteroatoms. The molecular weight excluding hydrogens is 348 g/mol. The van der Waals surface area contributed by atoms with Gasteiger partial charge in [-0.15, -0.1) is 0 Å². The smallest absolute Gasteiger partial charge is 0.252 e. The highest BCUT2D eigenvalue weighted by molar-refractivity contribution is 6.07. The Bertz CT molecular complexity index is 1100. The van der Waals surface area contributed by atoms with Crippen molar-refractivity contribution in [2.45, 2.75) is 19.4 Å². The largest absolute Gasteiger partial charge is 0.349 e. The lowest BCUT2D eigenvalue weighted by Gasteiger charge is -2.15. The van der Waals surface area contributed by atoms with Crippen molar-refractivity contribution in [3.05, 3.63) is 90.5 Å². The van der Waals surface area contributed by atoms with Crippen LogP contribution in [0.3, 0.4) is 0 Å². The fraction of sp³-hybridized carbons (Fsp3) is 0.130. The molecular formula is C23H20N4O.